The first-order valence-electron chi connectivity index (χ1n) is 10.6. The maximum atomic E-state index is 11.1. The van der Waals surface area contributed by atoms with Gasteiger partial charge in [0.1, 0.15) is 0 Å². The molecule has 0 aromatic heterocycles. The van der Waals surface area contributed by atoms with Crippen LogP contribution in [0.4, 0.5) is 4.79 Å². The molecule has 25 heavy (non-hydrogen) atoms. The molecule has 3 nitrogen and oxygen atoms in total. The molecule has 4 heteroatoms. The Morgan fingerprint density at radius 3 is 1.44 bits per heavy atom. The molecule has 0 bridgehead atoms. The van der Waals surface area contributed by atoms with Crippen LogP contribution in [0.2, 0.25) is 0 Å². The largest absolute Gasteiger partial charge is 0.509 e. The fourth-order valence-electron chi connectivity index (χ4n) is 2.97. The maximum Gasteiger partial charge on any atom is 0.509 e. The van der Waals surface area contributed by atoms with Gasteiger partial charge in [-0.1, -0.05) is 115 Å². The maximum absolute atomic E-state index is 11.1. The Kier molecular flexibility index (Phi) is 19.5. The Morgan fingerprint density at radius 2 is 1.08 bits per heavy atom. The number of ether oxygens (including phenoxy) is 2. The summed E-state index contributed by atoms with van der Waals surface area (Å²) >= 11 is 5.53. The van der Waals surface area contributed by atoms with Gasteiger partial charge in [-0.25, -0.2) is 4.79 Å². The van der Waals surface area contributed by atoms with Gasteiger partial charge in [0.2, 0.25) is 0 Å². The molecule has 0 aromatic carbocycles. The second-order valence-electron chi connectivity index (χ2n) is 7.06. The van der Waals surface area contributed by atoms with Crippen molar-refractivity contribution < 1.29 is 14.3 Å². The van der Waals surface area contributed by atoms with Crippen molar-refractivity contribution in [3.63, 3.8) is 0 Å². The van der Waals surface area contributed by atoms with E-state index >= 15 is 0 Å². The molecule has 0 aliphatic carbocycles. The van der Waals surface area contributed by atoms with Crippen LogP contribution in [0, 0.1) is 0 Å². The first-order chi connectivity index (χ1) is 12.2. The molecule has 0 aliphatic heterocycles. The van der Waals surface area contributed by atoms with Crippen LogP contribution < -0.4 is 0 Å². The van der Waals surface area contributed by atoms with E-state index in [-0.39, 0.29) is 0 Å². The van der Waals surface area contributed by atoms with Crippen LogP contribution in [0.25, 0.3) is 0 Å². The minimum absolute atomic E-state index is 0.431. The lowest BCUT2D eigenvalue weighted by Crippen LogP contribution is -2.12. The summed E-state index contributed by atoms with van der Waals surface area (Å²) in [4.78, 5) is 11.1. The fourth-order valence-corrected chi connectivity index (χ4v) is 3.05. The Bertz CT molecular complexity index is 282. The van der Waals surface area contributed by atoms with Crippen molar-refractivity contribution in [1.29, 1.82) is 0 Å². The smallest absolute Gasteiger partial charge is 0.434 e. The molecule has 0 heterocycles. The monoisotopic (exact) mass is 376 g/mol. The van der Waals surface area contributed by atoms with Crippen molar-refractivity contribution in [3.8, 4) is 0 Å². The van der Waals surface area contributed by atoms with Crippen LogP contribution in [0.1, 0.15) is 117 Å². The third-order valence-corrected chi connectivity index (χ3v) is 4.57. The van der Waals surface area contributed by atoms with Gasteiger partial charge in [-0.3, -0.25) is 0 Å². The van der Waals surface area contributed by atoms with Gasteiger partial charge in [-0.15, -0.1) is 0 Å². The summed E-state index contributed by atoms with van der Waals surface area (Å²) in [6.07, 6.45) is 20.7. The number of carbonyl (C=O) groups is 1. The van der Waals surface area contributed by atoms with E-state index in [0.717, 1.165) is 12.8 Å². The van der Waals surface area contributed by atoms with Gasteiger partial charge < -0.3 is 9.47 Å². The lowest BCUT2D eigenvalue weighted by molar-refractivity contribution is 0.0486. The SMILES string of the molecule is CCCCCCCCCCCCCCCCCCOC(=O)OC(C)Cl. The molecule has 0 saturated carbocycles. The zero-order valence-electron chi connectivity index (χ0n) is 16.7. The van der Waals surface area contributed by atoms with Gasteiger partial charge in [-0.05, 0) is 13.3 Å². The molecular formula is C21H41ClO3. The highest BCUT2D eigenvalue weighted by atomic mass is 35.5. The summed E-state index contributed by atoms with van der Waals surface area (Å²) in [5.41, 5.74) is -0.627. The van der Waals surface area contributed by atoms with E-state index in [9.17, 15) is 4.79 Å². The molecule has 0 radical (unpaired) electrons. The Balaban J connectivity index is 3.06. The molecule has 0 aromatic rings. The predicted octanol–water partition coefficient (Wildman–Crippen LogP) is 7.99. The van der Waals surface area contributed by atoms with E-state index in [1.807, 2.05) is 0 Å². The predicted molar refractivity (Wildman–Crippen MR) is 107 cm³/mol. The standard InChI is InChI=1S/C21H41ClO3/c1-3-4-5-6-7-8-9-10-11-12-13-14-15-16-17-18-19-24-21(23)25-20(2)22/h20H,3-19H2,1-2H3. The topological polar surface area (TPSA) is 35.5 Å². The molecule has 0 N–H and O–H groups in total. The van der Waals surface area contributed by atoms with Crippen molar-refractivity contribution in [1.82, 2.24) is 0 Å². The van der Waals surface area contributed by atoms with Crippen LogP contribution in [0.3, 0.4) is 0 Å². The van der Waals surface area contributed by atoms with Crippen LogP contribution in [0.15, 0.2) is 0 Å². The molecule has 150 valence electrons. The van der Waals surface area contributed by atoms with Gasteiger partial charge in [0.15, 0.2) is 5.56 Å². The van der Waals surface area contributed by atoms with Gasteiger partial charge in [-0.2, -0.15) is 0 Å². The molecular weight excluding hydrogens is 336 g/mol. The van der Waals surface area contributed by atoms with Gasteiger partial charge >= 0.3 is 6.16 Å². The second kappa shape index (κ2) is 19.9. The highest BCUT2D eigenvalue weighted by molar-refractivity contribution is 6.19. The number of alkyl halides is 1. The Morgan fingerprint density at radius 1 is 0.720 bits per heavy atom. The van der Waals surface area contributed by atoms with Crippen LogP contribution in [-0.2, 0) is 9.47 Å². The highest BCUT2D eigenvalue weighted by Crippen LogP contribution is 2.13. The van der Waals surface area contributed by atoms with Crippen LogP contribution >= 0.6 is 11.6 Å². The van der Waals surface area contributed by atoms with Crippen molar-refractivity contribution in [2.24, 2.45) is 0 Å². The summed E-state index contributed by atoms with van der Waals surface area (Å²) in [5.74, 6) is 0. The quantitative estimate of drug-likeness (QED) is 0.138. The average Bonchev–Trinajstić information content (AvgIpc) is 2.57. The third kappa shape index (κ3) is 21.5. The van der Waals surface area contributed by atoms with Gasteiger partial charge in [0.25, 0.3) is 0 Å². The minimum atomic E-state index is -0.663. The molecule has 1 unspecified atom stereocenters. The first-order valence-corrected chi connectivity index (χ1v) is 11.1. The van der Waals surface area contributed by atoms with E-state index in [2.05, 4.69) is 11.7 Å². The van der Waals surface area contributed by atoms with Crippen molar-refractivity contribution in [2.75, 3.05) is 6.61 Å². The number of hydrogen-bond donors (Lipinski definition) is 0. The van der Waals surface area contributed by atoms with E-state index in [1.165, 1.54) is 89.9 Å². The average molecular weight is 377 g/mol. The van der Waals surface area contributed by atoms with E-state index < -0.39 is 11.7 Å². The van der Waals surface area contributed by atoms with Crippen LogP contribution in [0.5, 0.6) is 0 Å². The molecule has 1 atom stereocenters. The fraction of sp³-hybridized carbons (Fsp3) is 0.952. The van der Waals surface area contributed by atoms with Crippen LogP contribution in [-0.4, -0.2) is 18.3 Å². The highest BCUT2D eigenvalue weighted by Gasteiger charge is 2.06. The van der Waals surface area contributed by atoms with E-state index in [1.54, 1.807) is 6.92 Å². The number of rotatable bonds is 18. The minimum Gasteiger partial charge on any atom is -0.434 e. The van der Waals surface area contributed by atoms with Crippen molar-refractivity contribution >= 4 is 17.8 Å². The lowest BCUT2D eigenvalue weighted by Gasteiger charge is -2.07. The van der Waals surface area contributed by atoms with Crippen molar-refractivity contribution in [2.45, 2.75) is 122 Å². The molecule has 0 aliphatic rings. The lowest BCUT2D eigenvalue weighted by atomic mass is 10.0. The molecule has 0 fully saturated rings. The van der Waals surface area contributed by atoms with Crippen molar-refractivity contribution in [3.05, 3.63) is 0 Å². The number of unbranched alkanes of at least 4 members (excludes halogenated alkanes) is 15. The van der Waals surface area contributed by atoms with E-state index in [0.29, 0.717) is 6.61 Å². The van der Waals surface area contributed by atoms with E-state index in [4.69, 9.17) is 16.3 Å². The molecule has 0 amide bonds. The number of halogens is 1. The summed E-state index contributed by atoms with van der Waals surface area (Å²) in [6.45, 7) is 4.30. The second-order valence-corrected chi connectivity index (χ2v) is 7.68. The summed E-state index contributed by atoms with van der Waals surface area (Å²) in [7, 11) is 0. The summed E-state index contributed by atoms with van der Waals surface area (Å²) < 4.78 is 9.61. The zero-order valence-corrected chi connectivity index (χ0v) is 17.5. The van der Waals surface area contributed by atoms with Gasteiger partial charge in [0.05, 0.1) is 6.61 Å². The Hall–Kier alpha value is -0.440. The first kappa shape index (κ1) is 24.6. The number of carbonyl (C=O) groups excluding carboxylic acids is 1. The Labute approximate surface area is 161 Å². The zero-order chi connectivity index (χ0) is 18.6. The normalized spacial score (nSPS) is 12.1. The van der Waals surface area contributed by atoms with Gasteiger partial charge in [0, 0.05) is 0 Å². The molecule has 0 spiro atoms. The molecule has 0 saturated heterocycles. The third-order valence-electron chi connectivity index (χ3n) is 4.48. The summed E-state index contributed by atoms with van der Waals surface area (Å²) in [5, 5.41) is 0. The summed E-state index contributed by atoms with van der Waals surface area (Å²) in [6, 6.07) is 0. The number of hydrogen-bond acceptors (Lipinski definition) is 3. The molecule has 0 rings (SSSR count).